The second kappa shape index (κ2) is 3.09. The Hall–Kier alpha value is -0.820. The Morgan fingerprint density at radius 2 is 2.36 bits per heavy atom. The zero-order valence-electron chi connectivity index (χ0n) is 8.72. The van der Waals surface area contributed by atoms with Gasteiger partial charge < -0.3 is 5.32 Å². The highest BCUT2D eigenvalue weighted by molar-refractivity contribution is 5.47. The fraction of sp³-hybridized carbons (Fsp3) is 0.538. The molecule has 0 spiro atoms. The molecule has 2 atom stereocenters. The first-order chi connectivity index (χ1) is 6.90. The Bertz CT molecular complexity index is 356. The minimum atomic E-state index is 0.639. The van der Waals surface area contributed by atoms with E-state index in [0.29, 0.717) is 6.04 Å². The lowest BCUT2D eigenvalue weighted by Gasteiger charge is -2.13. The van der Waals surface area contributed by atoms with Gasteiger partial charge in [0, 0.05) is 6.04 Å². The molecule has 0 fully saturated rings. The fourth-order valence-electron chi connectivity index (χ4n) is 3.21. The first-order valence-electron chi connectivity index (χ1n) is 5.75. The first-order valence-corrected chi connectivity index (χ1v) is 5.75. The summed E-state index contributed by atoms with van der Waals surface area (Å²) in [6, 6.07) is 7.50. The maximum Gasteiger partial charge on any atom is 0.0328 e. The van der Waals surface area contributed by atoms with Gasteiger partial charge in [-0.3, -0.25) is 0 Å². The van der Waals surface area contributed by atoms with Crippen molar-refractivity contribution in [1.29, 1.82) is 0 Å². The third-order valence-electron chi connectivity index (χ3n) is 3.75. The molecule has 0 heterocycles. The molecule has 74 valence electrons. The fourth-order valence-corrected chi connectivity index (χ4v) is 3.21. The van der Waals surface area contributed by atoms with E-state index in [2.05, 4.69) is 30.4 Å². The summed E-state index contributed by atoms with van der Waals surface area (Å²) < 4.78 is 0. The SMILES string of the molecule is CCNC1CC2CCc3cccc1c32. The van der Waals surface area contributed by atoms with Crippen LogP contribution in [0, 0.1) is 0 Å². The van der Waals surface area contributed by atoms with Crippen molar-refractivity contribution >= 4 is 0 Å². The van der Waals surface area contributed by atoms with Crippen LogP contribution in [0.1, 0.15) is 48.4 Å². The van der Waals surface area contributed by atoms with Gasteiger partial charge in [0.1, 0.15) is 0 Å². The van der Waals surface area contributed by atoms with E-state index >= 15 is 0 Å². The van der Waals surface area contributed by atoms with E-state index in [9.17, 15) is 0 Å². The molecule has 0 amide bonds. The van der Waals surface area contributed by atoms with Crippen LogP contribution in [0.3, 0.4) is 0 Å². The zero-order chi connectivity index (χ0) is 9.54. The summed E-state index contributed by atoms with van der Waals surface area (Å²) >= 11 is 0. The Balaban J connectivity index is 2.05. The third kappa shape index (κ3) is 1.05. The number of hydrogen-bond donors (Lipinski definition) is 1. The minimum absolute atomic E-state index is 0.639. The summed E-state index contributed by atoms with van der Waals surface area (Å²) in [7, 11) is 0. The van der Waals surface area contributed by atoms with Crippen LogP contribution in [0.2, 0.25) is 0 Å². The van der Waals surface area contributed by atoms with Gasteiger partial charge in [0.05, 0.1) is 0 Å². The largest absolute Gasteiger partial charge is 0.310 e. The number of rotatable bonds is 2. The van der Waals surface area contributed by atoms with Gasteiger partial charge in [-0.1, -0.05) is 25.1 Å². The minimum Gasteiger partial charge on any atom is -0.310 e. The monoisotopic (exact) mass is 187 g/mol. The second-order valence-electron chi connectivity index (χ2n) is 4.50. The molecule has 2 aliphatic carbocycles. The molecule has 1 heteroatoms. The molecular formula is C13H17N. The molecule has 1 nitrogen and oxygen atoms in total. The highest BCUT2D eigenvalue weighted by Gasteiger charge is 2.35. The smallest absolute Gasteiger partial charge is 0.0328 e. The van der Waals surface area contributed by atoms with Crippen LogP contribution >= 0.6 is 0 Å². The summed E-state index contributed by atoms with van der Waals surface area (Å²) in [5.74, 6) is 0.866. The molecule has 0 saturated carbocycles. The number of nitrogens with one attached hydrogen (secondary N) is 1. The molecule has 1 N–H and O–H groups in total. The molecule has 0 radical (unpaired) electrons. The Morgan fingerprint density at radius 1 is 1.43 bits per heavy atom. The number of hydrogen-bond acceptors (Lipinski definition) is 1. The van der Waals surface area contributed by atoms with Crippen molar-refractivity contribution in [2.45, 2.75) is 38.1 Å². The molecule has 1 aromatic carbocycles. The Labute approximate surface area is 85.5 Å². The van der Waals surface area contributed by atoms with Gasteiger partial charge in [0.15, 0.2) is 0 Å². The standard InChI is InChI=1S/C13H17N/c1-2-14-12-8-10-7-6-9-4-3-5-11(12)13(9)10/h3-5,10,12,14H,2,6-8H2,1H3. The summed E-state index contributed by atoms with van der Waals surface area (Å²) in [5, 5.41) is 3.59. The Kier molecular flexibility index (Phi) is 1.88. The summed E-state index contributed by atoms with van der Waals surface area (Å²) in [4.78, 5) is 0. The van der Waals surface area contributed by atoms with E-state index in [4.69, 9.17) is 0 Å². The summed E-state index contributed by atoms with van der Waals surface area (Å²) in [6.07, 6.45) is 4.03. The van der Waals surface area contributed by atoms with Crippen LogP contribution in [0.15, 0.2) is 18.2 Å². The summed E-state index contributed by atoms with van der Waals surface area (Å²) in [6.45, 7) is 3.28. The summed E-state index contributed by atoms with van der Waals surface area (Å²) in [5.41, 5.74) is 4.90. The van der Waals surface area contributed by atoms with E-state index in [1.807, 2.05) is 0 Å². The van der Waals surface area contributed by atoms with Crippen molar-refractivity contribution in [2.75, 3.05) is 6.54 Å². The van der Waals surface area contributed by atoms with Crippen LogP contribution in [-0.4, -0.2) is 6.54 Å². The van der Waals surface area contributed by atoms with E-state index in [1.54, 1.807) is 16.7 Å². The van der Waals surface area contributed by atoms with Crippen molar-refractivity contribution in [3.05, 3.63) is 34.9 Å². The topological polar surface area (TPSA) is 12.0 Å². The van der Waals surface area contributed by atoms with E-state index in [1.165, 1.54) is 19.3 Å². The van der Waals surface area contributed by atoms with Gasteiger partial charge in [-0.2, -0.15) is 0 Å². The van der Waals surface area contributed by atoms with Crippen LogP contribution < -0.4 is 5.32 Å². The average molecular weight is 187 g/mol. The quantitative estimate of drug-likeness (QED) is 0.750. The molecule has 0 bridgehead atoms. The predicted molar refractivity (Wildman–Crippen MR) is 58.5 cm³/mol. The lowest BCUT2D eigenvalue weighted by molar-refractivity contribution is 0.500. The lowest BCUT2D eigenvalue weighted by atomic mass is 10.0. The second-order valence-corrected chi connectivity index (χ2v) is 4.50. The van der Waals surface area contributed by atoms with Gasteiger partial charge >= 0.3 is 0 Å². The predicted octanol–water partition coefficient (Wildman–Crippen LogP) is 2.77. The molecule has 2 unspecified atom stereocenters. The molecule has 1 aromatic rings. The first kappa shape index (κ1) is 8.49. The van der Waals surface area contributed by atoms with Crippen molar-refractivity contribution < 1.29 is 0 Å². The van der Waals surface area contributed by atoms with Gasteiger partial charge in [-0.15, -0.1) is 0 Å². The number of aryl methyl sites for hydroxylation is 1. The lowest BCUT2D eigenvalue weighted by Crippen LogP contribution is -2.18. The van der Waals surface area contributed by atoms with Crippen molar-refractivity contribution in [3.8, 4) is 0 Å². The van der Waals surface area contributed by atoms with Crippen molar-refractivity contribution in [2.24, 2.45) is 0 Å². The van der Waals surface area contributed by atoms with E-state index in [-0.39, 0.29) is 0 Å². The van der Waals surface area contributed by atoms with Gasteiger partial charge in [0.25, 0.3) is 0 Å². The Morgan fingerprint density at radius 3 is 3.21 bits per heavy atom. The van der Waals surface area contributed by atoms with Gasteiger partial charge in [-0.05, 0) is 48.4 Å². The van der Waals surface area contributed by atoms with Crippen molar-refractivity contribution in [1.82, 2.24) is 5.32 Å². The van der Waals surface area contributed by atoms with Crippen molar-refractivity contribution in [3.63, 3.8) is 0 Å². The average Bonchev–Trinajstić information content (AvgIpc) is 2.75. The molecule has 0 saturated heterocycles. The third-order valence-corrected chi connectivity index (χ3v) is 3.75. The molecule has 0 aromatic heterocycles. The van der Waals surface area contributed by atoms with Crippen LogP contribution in [-0.2, 0) is 6.42 Å². The van der Waals surface area contributed by atoms with Crippen LogP contribution in [0.25, 0.3) is 0 Å². The highest BCUT2D eigenvalue weighted by Crippen LogP contribution is 2.48. The number of benzene rings is 1. The maximum atomic E-state index is 3.59. The highest BCUT2D eigenvalue weighted by atomic mass is 14.9. The maximum absolute atomic E-state index is 3.59. The van der Waals surface area contributed by atoms with E-state index < -0.39 is 0 Å². The zero-order valence-corrected chi connectivity index (χ0v) is 8.72. The molecule has 0 aliphatic heterocycles. The molecule has 2 aliphatic rings. The van der Waals surface area contributed by atoms with E-state index in [0.717, 1.165) is 12.5 Å². The normalized spacial score (nSPS) is 28.1. The van der Waals surface area contributed by atoms with Crippen LogP contribution in [0.5, 0.6) is 0 Å². The molecular weight excluding hydrogens is 170 g/mol. The van der Waals surface area contributed by atoms with Gasteiger partial charge in [-0.25, -0.2) is 0 Å². The van der Waals surface area contributed by atoms with Gasteiger partial charge in [0.2, 0.25) is 0 Å². The molecule has 3 rings (SSSR count). The van der Waals surface area contributed by atoms with Crippen LogP contribution in [0.4, 0.5) is 0 Å². The molecule has 14 heavy (non-hydrogen) atoms.